The van der Waals surface area contributed by atoms with E-state index in [1.54, 1.807) is 43.4 Å². The summed E-state index contributed by atoms with van der Waals surface area (Å²) in [6.45, 7) is 3.79. The summed E-state index contributed by atoms with van der Waals surface area (Å²) in [7, 11) is 1.69. The molecule has 0 spiro atoms. The number of hydrogen-bond donors (Lipinski definition) is 1. The molecule has 3 amide bonds. The Labute approximate surface area is 197 Å². The summed E-state index contributed by atoms with van der Waals surface area (Å²) < 4.78 is 0. The van der Waals surface area contributed by atoms with E-state index < -0.39 is 11.8 Å². The summed E-state index contributed by atoms with van der Waals surface area (Å²) in [5.74, 6) is -1.35. The highest BCUT2D eigenvalue weighted by molar-refractivity contribution is 6.53. The van der Waals surface area contributed by atoms with E-state index in [0.29, 0.717) is 16.9 Å². The lowest BCUT2D eigenvalue weighted by atomic mass is 10.1. The van der Waals surface area contributed by atoms with Gasteiger partial charge < -0.3 is 10.2 Å². The number of carbonyl (C=O) groups excluding carboxylic acids is 3. The summed E-state index contributed by atoms with van der Waals surface area (Å²) in [5, 5.41) is 2.74. The summed E-state index contributed by atoms with van der Waals surface area (Å²) in [5.41, 5.74) is 3.94. The highest BCUT2D eigenvalue weighted by atomic mass is 35.5. The smallest absolute Gasteiger partial charge is 0.283 e. The van der Waals surface area contributed by atoms with Gasteiger partial charge in [-0.1, -0.05) is 41.9 Å². The molecule has 1 aliphatic heterocycles. The van der Waals surface area contributed by atoms with Crippen molar-refractivity contribution >= 4 is 46.4 Å². The first-order valence-electron chi connectivity index (χ1n) is 10.3. The molecule has 6 nitrogen and oxygen atoms in total. The van der Waals surface area contributed by atoms with Gasteiger partial charge in [0.2, 0.25) is 0 Å². The second-order valence-electron chi connectivity index (χ2n) is 7.89. The molecular weight excluding hydrogens is 438 g/mol. The number of amides is 3. The Hall–Kier alpha value is -3.90. The lowest BCUT2D eigenvalue weighted by Gasteiger charge is -2.18. The molecule has 0 unspecified atom stereocenters. The monoisotopic (exact) mass is 459 g/mol. The second kappa shape index (κ2) is 8.92. The third kappa shape index (κ3) is 4.38. The topological polar surface area (TPSA) is 69.7 Å². The molecule has 0 aromatic heterocycles. The molecule has 0 saturated carbocycles. The highest BCUT2D eigenvalue weighted by Crippen LogP contribution is 2.31. The fraction of sp³-hybridized carbons (Fsp3) is 0.115. The van der Waals surface area contributed by atoms with Gasteiger partial charge in [0.15, 0.2) is 0 Å². The molecule has 1 heterocycles. The van der Waals surface area contributed by atoms with E-state index in [2.05, 4.69) is 5.32 Å². The number of rotatable bonds is 5. The maximum absolute atomic E-state index is 13.1. The number of para-hydroxylation sites is 1. The van der Waals surface area contributed by atoms with E-state index in [4.69, 9.17) is 11.6 Å². The lowest BCUT2D eigenvalue weighted by molar-refractivity contribution is -0.120. The van der Waals surface area contributed by atoms with E-state index in [0.717, 1.165) is 21.7 Å². The van der Waals surface area contributed by atoms with Crippen LogP contribution >= 0.6 is 11.6 Å². The summed E-state index contributed by atoms with van der Waals surface area (Å²) in [4.78, 5) is 41.4. The first kappa shape index (κ1) is 22.3. The molecule has 33 heavy (non-hydrogen) atoms. The number of halogens is 1. The molecule has 0 bridgehead atoms. The normalized spacial score (nSPS) is 13.5. The number of nitrogens with zero attached hydrogens (tertiary/aromatic N) is 2. The minimum Gasteiger partial charge on any atom is -0.350 e. The third-order valence-corrected chi connectivity index (χ3v) is 5.67. The van der Waals surface area contributed by atoms with Crippen molar-refractivity contribution in [3.05, 3.63) is 100 Å². The number of carbonyl (C=O) groups is 3. The molecule has 1 N–H and O–H groups in total. The van der Waals surface area contributed by atoms with Crippen molar-refractivity contribution in [3.63, 3.8) is 0 Å². The van der Waals surface area contributed by atoms with Gasteiger partial charge >= 0.3 is 0 Å². The van der Waals surface area contributed by atoms with Crippen LogP contribution in [0, 0.1) is 13.8 Å². The van der Waals surface area contributed by atoms with Crippen molar-refractivity contribution < 1.29 is 14.4 Å². The van der Waals surface area contributed by atoms with Crippen LogP contribution in [0.25, 0.3) is 0 Å². The summed E-state index contributed by atoms with van der Waals surface area (Å²) in [6, 6.07) is 21.5. The van der Waals surface area contributed by atoms with Gasteiger partial charge in [-0.3, -0.25) is 14.4 Å². The summed E-state index contributed by atoms with van der Waals surface area (Å²) >= 11 is 6.26. The Bertz CT molecular complexity index is 1280. The van der Waals surface area contributed by atoms with Crippen molar-refractivity contribution in [2.24, 2.45) is 0 Å². The van der Waals surface area contributed by atoms with Crippen molar-refractivity contribution in [3.8, 4) is 0 Å². The van der Waals surface area contributed by atoms with Gasteiger partial charge in [0, 0.05) is 24.0 Å². The average Bonchev–Trinajstić information content (AvgIpc) is 3.01. The maximum Gasteiger partial charge on any atom is 0.283 e. The van der Waals surface area contributed by atoms with Crippen molar-refractivity contribution in [2.75, 3.05) is 22.2 Å². The van der Waals surface area contributed by atoms with E-state index >= 15 is 0 Å². The van der Waals surface area contributed by atoms with Gasteiger partial charge in [0.1, 0.15) is 10.7 Å². The fourth-order valence-corrected chi connectivity index (χ4v) is 3.98. The van der Waals surface area contributed by atoms with Crippen molar-refractivity contribution in [1.29, 1.82) is 0 Å². The number of anilines is 3. The Morgan fingerprint density at radius 1 is 0.879 bits per heavy atom. The van der Waals surface area contributed by atoms with Gasteiger partial charge in [0.05, 0.1) is 5.69 Å². The Morgan fingerprint density at radius 3 is 2.21 bits per heavy atom. The third-order valence-electron chi connectivity index (χ3n) is 5.32. The van der Waals surface area contributed by atoms with Crippen LogP contribution in [0.1, 0.15) is 21.5 Å². The second-order valence-corrected chi connectivity index (χ2v) is 8.26. The molecule has 3 aromatic rings. The number of imide groups is 1. The van der Waals surface area contributed by atoms with E-state index in [-0.39, 0.29) is 16.6 Å². The minimum absolute atomic E-state index is 0.0261. The van der Waals surface area contributed by atoms with Gasteiger partial charge in [-0.05, 0) is 67.4 Å². The van der Waals surface area contributed by atoms with E-state index in [1.165, 1.54) is 4.90 Å². The van der Waals surface area contributed by atoms with E-state index in [1.807, 2.05) is 50.2 Å². The molecule has 0 radical (unpaired) electrons. The molecule has 0 fully saturated rings. The molecule has 0 aliphatic carbocycles. The minimum atomic E-state index is -0.592. The van der Waals surface area contributed by atoms with Crippen LogP contribution in [0.5, 0.6) is 0 Å². The zero-order valence-electron chi connectivity index (χ0n) is 18.4. The first-order valence-corrected chi connectivity index (χ1v) is 10.7. The van der Waals surface area contributed by atoms with Crippen LogP contribution in [0.2, 0.25) is 0 Å². The molecule has 7 heteroatoms. The fourth-order valence-electron chi connectivity index (χ4n) is 3.76. The molecule has 166 valence electrons. The van der Waals surface area contributed by atoms with Crippen molar-refractivity contribution in [1.82, 2.24) is 0 Å². The zero-order chi connectivity index (χ0) is 23.7. The van der Waals surface area contributed by atoms with Gasteiger partial charge in [0.25, 0.3) is 17.7 Å². The number of benzene rings is 3. The molecule has 4 rings (SSSR count). The Morgan fingerprint density at radius 2 is 1.55 bits per heavy atom. The standard InChI is InChI=1S/C26H22ClN3O3/c1-16-12-17(2)14-21(13-16)30-25(32)22(27)23(26(30)33)28-19-9-7-8-18(15-19)24(31)29(3)20-10-5-4-6-11-20/h4-15,28H,1-3H3. The zero-order valence-corrected chi connectivity index (χ0v) is 19.2. The molecule has 3 aromatic carbocycles. The first-order chi connectivity index (χ1) is 15.8. The van der Waals surface area contributed by atoms with Crippen molar-refractivity contribution in [2.45, 2.75) is 13.8 Å². The largest absolute Gasteiger partial charge is 0.350 e. The predicted octanol–water partition coefficient (Wildman–Crippen LogP) is 5.02. The number of nitrogens with one attached hydrogen (secondary N) is 1. The quantitative estimate of drug-likeness (QED) is 0.544. The van der Waals surface area contributed by atoms with Gasteiger partial charge in [-0.15, -0.1) is 0 Å². The Balaban J connectivity index is 1.58. The Kier molecular flexibility index (Phi) is 6.03. The predicted molar refractivity (Wildman–Crippen MR) is 131 cm³/mol. The van der Waals surface area contributed by atoms with Gasteiger partial charge in [-0.2, -0.15) is 0 Å². The van der Waals surface area contributed by atoms with Crippen LogP contribution in [0.3, 0.4) is 0 Å². The number of hydrogen-bond acceptors (Lipinski definition) is 4. The molecule has 0 atom stereocenters. The van der Waals surface area contributed by atoms with Crippen LogP contribution in [-0.4, -0.2) is 24.8 Å². The molecular formula is C26H22ClN3O3. The van der Waals surface area contributed by atoms with Gasteiger partial charge in [-0.25, -0.2) is 4.90 Å². The lowest BCUT2D eigenvalue weighted by Crippen LogP contribution is -2.32. The SMILES string of the molecule is Cc1cc(C)cc(N2C(=O)C(Cl)=C(Nc3cccc(C(=O)N(C)c4ccccc4)c3)C2=O)c1. The number of aryl methyl sites for hydroxylation is 2. The average molecular weight is 460 g/mol. The van der Waals surface area contributed by atoms with Crippen LogP contribution < -0.4 is 15.1 Å². The van der Waals surface area contributed by atoms with Crippen LogP contribution in [0.4, 0.5) is 17.1 Å². The maximum atomic E-state index is 13.1. The molecule has 1 aliphatic rings. The molecule has 0 saturated heterocycles. The van der Waals surface area contributed by atoms with Crippen LogP contribution in [0.15, 0.2) is 83.5 Å². The highest BCUT2D eigenvalue weighted by Gasteiger charge is 2.39. The van der Waals surface area contributed by atoms with Crippen LogP contribution in [-0.2, 0) is 9.59 Å². The van der Waals surface area contributed by atoms with E-state index in [9.17, 15) is 14.4 Å². The summed E-state index contributed by atoms with van der Waals surface area (Å²) in [6.07, 6.45) is 0.